The Hall–Kier alpha value is -2.51. The molecule has 0 bridgehead atoms. The maximum absolute atomic E-state index is 12.7. The Bertz CT molecular complexity index is 741. The number of morpholine rings is 1. The lowest BCUT2D eigenvalue weighted by Gasteiger charge is -2.33. The van der Waals surface area contributed by atoms with E-state index in [1.165, 1.54) is 0 Å². The zero-order valence-corrected chi connectivity index (χ0v) is 16.5. The largest absolute Gasteiger partial charge is 0.490 e. The number of ether oxygens (including phenoxy) is 3. The molecule has 1 amide bonds. The number of nitrogens with one attached hydrogen (secondary N) is 1. The molecule has 1 aliphatic heterocycles. The number of rotatable bonds is 9. The number of carbonyl (C=O) groups excluding carboxylic acids is 1. The first kappa shape index (κ1) is 20.2. The highest BCUT2D eigenvalue weighted by atomic mass is 16.5. The predicted octanol–water partition coefficient (Wildman–Crippen LogP) is 2.88. The average molecular weight is 388 g/mol. The molecule has 7 nitrogen and oxygen atoms in total. The molecule has 0 saturated carbocycles. The van der Waals surface area contributed by atoms with Crippen molar-refractivity contribution < 1.29 is 23.4 Å². The number of hydrogen-bond acceptors (Lipinski definition) is 6. The van der Waals surface area contributed by atoms with Crippen LogP contribution in [0.4, 0.5) is 0 Å². The van der Waals surface area contributed by atoms with Gasteiger partial charge in [-0.2, -0.15) is 0 Å². The first-order valence-electron chi connectivity index (χ1n) is 9.76. The van der Waals surface area contributed by atoms with E-state index in [9.17, 15) is 4.79 Å². The summed E-state index contributed by atoms with van der Waals surface area (Å²) < 4.78 is 22.2. The van der Waals surface area contributed by atoms with Crippen molar-refractivity contribution >= 4 is 5.91 Å². The third-order valence-corrected chi connectivity index (χ3v) is 4.62. The second-order valence-corrected chi connectivity index (χ2v) is 6.42. The molecule has 1 fully saturated rings. The Morgan fingerprint density at radius 2 is 1.89 bits per heavy atom. The molecule has 1 aromatic heterocycles. The molecule has 1 saturated heterocycles. The fourth-order valence-corrected chi connectivity index (χ4v) is 3.26. The molecule has 2 aromatic rings. The highest BCUT2D eigenvalue weighted by Gasteiger charge is 2.25. The molecule has 1 aliphatic rings. The minimum Gasteiger partial charge on any atom is -0.490 e. The predicted molar refractivity (Wildman–Crippen MR) is 105 cm³/mol. The van der Waals surface area contributed by atoms with Crippen LogP contribution in [0.25, 0.3) is 0 Å². The lowest BCUT2D eigenvalue weighted by Crippen LogP contribution is -2.43. The van der Waals surface area contributed by atoms with Crippen LogP contribution in [0.15, 0.2) is 41.0 Å². The number of furan rings is 1. The molecular weight excluding hydrogens is 360 g/mol. The molecular formula is C21H28N2O5. The maximum atomic E-state index is 12.7. The molecule has 2 heterocycles. The molecule has 1 aromatic carbocycles. The van der Waals surface area contributed by atoms with E-state index in [4.69, 9.17) is 18.6 Å². The van der Waals surface area contributed by atoms with Crippen LogP contribution < -0.4 is 14.8 Å². The van der Waals surface area contributed by atoms with Crippen molar-refractivity contribution in [3.8, 4) is 11.5 Å². The van der Waals surface area contributed by atoms with Gasteiger partial charge in [0.15, 0.2) is 11.5 Å². The van der Waals surface area contributed by atoms with Crippen molar-refractivity contribution in [2.24, 2.45) is 0 Å². The lowest BCUT2D eigenvalue weighted by atomic mass is 10.1. The van der Waals surface area contributed by atoms with Crippen LogP contribution in [0.3, 0.4) is 0 Å². The van der Waals surface area contributed by atoms with E-state index in [-0.39, 0.29) is 11.9 Å². The van der Waals surface area contributed by atoms with Gasteiger partial charge >= 0.3 is 0 Å². The highest BCUT2D eigenvalue weighted by molar-refractivity contribution is 5.94. The van der Waals surface area contributed by atoms with Crippen molar-refractivity contribution in [1.29, 1.82) is 0 Å². The van der Waals surface area contributed by atoms with Gasteiger partial charge in [-0.25, -0.2) is 0 Å². The van der Waals surface area contributed by atoms with Gasteiger partial charge in [-0.05, 0) is 44.2 Å². The summed E-state index contributed by atoms with van der Waals surface area (Å²) in [6.45, 7) is 8.28. The Labute approximate surface area is 165 Å². The van der Waals surface area contributed by atoms with Crippen molar-refractivity contribution in [2.45, 2.75) is 19.9 Å². The van der Waals surface area contributed by atoms with Crippen LogP contribution in [-0.4, -0.2) is 56.9 Å². The van der Waals surface area contributed by atoms with E-state index in [2.05, 4.69) is 10.2 Å². The van der Waals surface area contributed by atoms with Gasteiger partial charge in [0.2, 0.25) is 0 Å². The summed E-state index contributed by atoms with van der Waals surface area (Å²) in [7, 11) is 0. The van der Waals surface area contributed by atoms with Gasteiger partial charge in [-0.3, -0.25) is 9.69 Å². The molecule has 28 heavy (non-hydrogen) atoms. The third-order valence-electron chi connectivity index (χ3n) is 4.62. The molecule has 7 heteroatoms. The van der Waals surface area contributed by atoms with Crippen LogP contribution in [0, 0.1) is 0 Å². The number of benzene rings is 1. The van der Waals surface area contributed by atoms with Gasteiger partial charge < -0.3 is 23.9 Å². The smallest absolute Gasteiger partial charge is 0.251 e. The molecule has 1 atom stereocenters. The summed E-state index contributed by atoms with van der Waals surface area (Å²) in [5.41, 5.74) is 0.534. The van der Waals surface area contributed by atoms with E-state index in [0.717, 1.165) is 18.8 Å². The summed E-state index contributed by atoms with van der Waals surface area (Å²) in [5, 5.41) is 3.03. The second kappa shape index (κ2) is 10.1. The number of carbonyl (C=O) groups is 1. The van der Waals surface area contributed by atoms with E-state index in [0.29, 0.717) is 50.0 Å². The SMILES string of the molecule is CCOc1ccc(C(=O)NCC(c2ccco2)N2CCOCC2)cc1OCC. The zero-order valence-electron chi connectivity index (χ0n) is 16.5. The third kappa shape index (κ3) is 5.05. The molecule has 3 rings (SSSR count). The topological polar surface area (TPSA) is 73.2 Å². The summed E-state index contributed by atoms with van der Waals surface area (Å²) in [5.74, 6) is 1.90. The van der Waals surface area contributed by atoms with Crippen molar-refractivity contribution in [3.05, 3.63) is 47.9 Å². The normalized spacial score (nSPS) is 15.8. The van der Waals surface area contributed by atoms with E-state index in [1.807, 2.05) is 26.0 Å². The highest BCUT2D eigenvalue weighted by Crippen LogP contribution is 2.29. The minimum absolute atomic E-state index is 0.0306. The minimum atomic E-state index is -0.159. The molecule has 1 unspecified atom stereocenters. The Morgan fingerprint density at radius 1 is 1.14 bits per heavy atom. The molecule has 0 spiro atoms. The molecule has 152 valence electrons. The fraction of sp³-hybridized carbons (Fsp3) is 0.476. The second-order valence-electron chi connectivity index (χ2n) is 6.42. The average Bonchev–Trinajstić information content (AvgIpc) is 3.25. The Balaban J connectivity index is 1.69. The van der Waals surface area contributed by atoms with Gasteiger partial charge in [0.05, 0.1) is 38.7 Å². The van der Waals surface area contributed by atoms with E-state index < -0.39 is 0 Å². The van der Waals surface area contributed by atoms with Crippen LogP contribution in [0.2, 0.25) is 0 Å². The van der Waals surface area contributed by atoms with Gasteiger partial charge in [0.25, 0.3) is 5.91 Å². The van der Waals surface area contributed by atoms with Gasteiger partial charge in [-0.1, -0.05) is 0 Å². The van der Waals surface area contributed by atoms with Crippen molar-refractivity contribution in [2.75, 3.05) is 46.1 Å². The number of nitrogens with zero attached hydrogens (tertiary/aromatic N) is 1. The van der Waals surface area contributed by atoms with E-state index in [1.54, 1.807) is 24.5 Å². The summed E-state index contributed by atoms with van der Waals surface area (Å²) in [6, 6.07) is 9.02. The summed E-state index contributed by atoms with van der Waals surface area (Å²) in [4.78, 5) is 15.0. The Morgan fingerprint density at radius 3 is 2.57 bits per heavy atom. The van der Waals surface area contributed by atoms with Crippen molar-refractivity contribution in [1.82, 2.24) is 10.2 Å². The Kier molecular flexibility index (Phi) is 7.33. The monoisotopic (exact) mass is 388 g/mol. The molecule has 1 N–H and O–H groups in total. The fourth-order valence-electron chi connectivity index (χ4n) is 3.26. The molecule has 0 aliphatic carbocycles. The maximum Gasteiger partial charge on any atom is 0.251 e. The van der Waals surface area contributed by atoms with Crippen LogP contribution >= 0.6 is 0 Å². The van der Waals surface area contributed by atoms with Crippen molar-refractivity contribution in [3.63, 3.8) is 0 Å². The first-order chi connectivity index (χ1) is 13.7. The van der Waals surface area contributed by atoms with Crippen LogP contribution in [0.1, 0.15) is 36.0 Å². The number of amides is 1. The number of hydrogen-bond donors (Lipinski definition) is 1. The summed E-state index contributed by atoms with van der Waals surface area (Å²) in [6.07, 6.45) is 1.66. The van der Waals surface area contributed by atoms with Gasteiger partial charge in [-0.15, -0.1) is 0 Å². The molecule has 0 radical (unpaired) electrons. The van der Waals surface area contributed by atoms with Gasteiger partial charge in [0, 0.05) is 25.2 Å². The van der Waals surface area contributed by atoms with Crippen LogP contribution in [0.5, 0.6) is 11.5 Å². The van der Waals surface area contributed by atoms with E-state index >= 15 is 0 Å². The zero-order chi connectivity index (χ0) is 19.8. The van der Waals surface area contributed by atoms with Crippen LogP contribution in [-0.2, 0) is 4.74 Å². The summed E-state index contributed by atoms with van der Waals surface area (Å²) >= 11 is 0. The lowest BCUT2D eigenvalue weighted by molar-refractivity contribution is 0.0118. The van der Waals surface area contributed by atoms with Gasteiger partial charge in [0.1, 0.15) is 5.76 Å². The quantitative estimate of drug-likeness (QED) is 0.712. The standard InChI is InChI=1S/C21H28N2O5/c1-3-26-19-8-7-16(14-20(19)27-4-2)21(24)22-15-17(18-6-5-11-28-18)23-9-12-25-13-10-23/h5-8,11,14,17H,3-4,9-10,12-13,15H2,1-2H3,(H,22,24). The first-order valence-corrected chi connectivity index (χ1v) is 9.76.